The molecule has 2 fully saturated rings. The largest absolute Gasteiger partial charge is 0.375 e. The summed E-state index contributed by atoms with van der Waals surface area (Å²) in [6, 6.07) is 2.13. The summed E-state index contributed by atoms with van der Waals surface area (Å²) in [5.41, 5.74) is -0.220. The summed E-state index contributed by atoms with van der Waals surface area (Å²) in [5, 5.41) is 20.3. The average Bonchev–Trinajstić information content (AvgIpc) is 2.82. The van der Waals surface area contributed by atoms with Crippen LogP contribution in [-0.2, 0) is 4.79 Å². The maximum Gasteiger partial charge on any atom is 0.156 e. The molecular formula is C20H24FNO2. The highest BCUT2D eigenvalue weighted by molar-refractivity contribution is 5.83. The lowest BCUT2D eigenvalue weighted by atomic mass is 9.51. The van der Waals surface area contributed by atoms with Gasteiger partial charge in [0.15, 0.2) is 5.60 Å². The van der Waals surface area contributed by atoms with Crippen LogP contribution in [0.5, 0.6) is 0 Å². The van der Waals surface area contributed by atoms with Gasteiger partial charge in [0.05, 0.1) is 6.07 Å². The number of hydrogen-bond acceptors (Lipinski definition) is 3. The number of halogens is 1. The lowest BCUT2D eigenvalue weighted by molar-refractivity contribution is -0.120. The van der Waals surface area contributed by atoms with Gasteiger partial charge in [0.1, 0.15) is 11.6 Å². The number of hydrogen-bond donors (Lipinski definition) is 1. The standard InChI is InChI=1S/C20H24FNO2/c1-18-6-3-12(23)9-16(18)17(21)10-13-14(18)4-7-19(2)15(13)5-8-20(19,24)11-22/h4,13,15,24H,3,5-10H2,1-2H3/t13-,15+,18-,19+,20+/m1/s1. The molecule has 5 atom stereocenters. The van der Waals surface area contributed by atoms with Crippen molar-refractivity contribution in [2.24, 2.45) is 22.7 Å². The van der Waals surface area contributed by atoms with Crippen LogP contribution in [0, 0.1) is 34.0 Å². The number of fused-ring (bicyclic) bond motifs is 5. The van der Waals surface area contributed by atoms with E-state index in [2.05, 4.69) is 19.1 Å². The number of aliphatic hydroxyl groups is 1. The van der Waals surface area contributed by atoms with Gasteiger partial charge in [-0.15, -0.1) is 0 Å². The van der Waals surface area contributed by atoms with Gasteiger partial charge in [-0.1, -0.05) is 25.5 Å². The zero-order chi connectivity index (χ0) is 17.3. The van der Waals surface area contributed by atoms with Crippen molar-refractivity contribution >= 4 is 5.78 Å². The predicted molar refractivity (Wildman–Crippen MR) is 87.3 cm³/mol. The second-order valence-electron chi connectivity index (χ2n) is 8.64. The van der Waals surface area contributed by atoms with E-state index >= 15 is 0 Å². The molecular weight excluding hydrogens is 305 g/mol. The van der Waals surface area contributed by atoms with Crippen molar-refractivity contribution < 1.29 is 14.3 Å². The highest BCUT2D eigenvalue weighted by Gasteiger charge is 2.62. The molecule has 0 bridgehead atoms. The lowest BCUT2D eigenvalue weighted by Crippen LogP contribution is -2.50. The molecule has 0 aromatic rings. The van der Waals surface area contributed by atoms with E-state index in [0.29, 0.717) is 37.7 Å². The van der Waals surface area contributed by atoms with Gasteiger partial charge in [-0.25, -0.2) is 4.39 Å². The molecule has 0 radical (unpaired) electrons. The molecule has 0 aliphatic heterocycles. The van der Waals surface area contributed by atoms with Crippen molar-refractivity contribution in [2.45, 2.75) is 64.4 Å². The van der Waals surface area contributed by atoms with E-state index in [1.807, 2.05) is 6.92 Å². The first-order valence-corrected chi connectivity index (χ1v) is 8.99. The number of allylic oxidation sites excluding steroid dienone is 4. The number of carbonyl (C=O) groups is 1. The Labute approximate surface area is 142 Å². The Balaban J connectivity index is 1.81. The van der Waals surface area contributed by atoms with Crippen LogP contribution in [0.25, 0.3) is 0 Å². The van der Waals surface area contributed by atoms with Crippen LogP contribution in [-0.4, -0.2) is 16.5 Å². The molecule has 4 aliphatic rings. The Kier molecular flexibility index (Phi) is 3.20. The summed E-state index contributed by atoms with van der Waals surface area (Å²) in [7, 11) is 0. The minimum atomic E-state index is -1.32. The molecule has 4 aliphatic carbocycles. The number of carbonyl (C=O) groups excluding carboxylic acids is 1. The summed E-state index contributed by atoms with van der Waals surface area (Å²) >= 11 is 0. The van der Waals surface area contributed by atoms with Crippen LogP contribution >= 0.6 is 0 Å². The summed E-state index contributed by atoms with van der Waals surface area (Å²) < 4.78 is 14.9. The molecule has 0 unspecified atom stereocenters. The van der Waals surface area contributed by atoms with E-state index in [1.54, 1.807) is 0 Å². The molecule has 0 aromatic carbocycles. The van der Waals surface area contributed by atoms with Gasteiger partial charge in [0.2, 0.25) is 0 Å². The fourth-order valence-electron chi connectivity index (χ4n) is 6.05. The average molecular weight is 329 g/mol. The second-order valence-corrected chi connectivity index (χ2v) is 8.64. The van der Waals surface area contributed by atoms with E-state index in [-0.39, 0.29) is 35.3 Å². The third-order valence-electron chi connectivity index (χ3n) is 7.70. The van der Waals surface area contributed by atoms with E-state index in [9.17, 15) is 19.6 Å². The predicted octanol–water partition coefficient (Wildman–Crippen LogP) is 3.99. The van der Waals surface area contributed by atoms with Crippen LogP contribution < -0.4 is 0 Å². The van der Waals surface area contributed by atoms with E-state index in [0.717, 1.165) is 6.42 Å². The maximum atomic E-state index is 14.9. The fraction of sp³-hybridized carbons (Fsp3) is 0.700. The minimum absolute atomic E-state index is 0.0491. The molecule has 0 spiro atoms. The van der Waals surface area contributed by atoms with Crippen LogP contribution in [0.1, 0.15) is 58.8 Å². The molecule has 0 amide bonds. The number of ketones is 1. The first-order valence-electron chi connectivity index (χ1n) is 8.99. The van der Waals surface area contributed by atoms with Gasteiger partial charge < -0.3 is 5.11 Å². The van der Waals surface area contributed by atoms with E-state index in [1.165, 1.54) is 5.57 Å². The summed E-state index contributed by atoms with van der Waals surface area (Å²) in [5.74, 6) is 0.193. The van der Waals surface area contributed by atoms with Crippen LogP contribution in [0.3, 0.4) is 0 Å². The van der Waals surface area contributed by atoms with Crippen molar-refractivity contribution in [1.82, 2.24) is 0 Å². The van der Waals surface area contributed by atoms with Gasteiger partial charge >= 0.3 is 0 Å². The van der Waals surface area contributed by atoms with Gasteiger partial charge in [-0.3, -0.25) is 4.79 Å². The Morgan fingerprint density at radius 2 is 2.12 bits per heavy atom. The Morgan fingerprint density at radius 3 is 2.83 bits per heavy atom. The van der Waals surface area contributed by atoms with E-state index < -0.39 is 11.0 Å². The SMILES string of the molecule is C[C@]12CCC(=O)CC1=C(F)C[C@@H]1C2=CC[C@@]2(C)[C@H]1CC[C@]2(O)C#N. The van der Waals surface area contributed by atoms with Crippen molar-refractivity contribution in [1.29, 1.82) is 5.26 Å². The molecule has 128 valence electrons. The molecule has 0 aromatic heterocycles. The van der Waals surface area contributed by atoms with Crippen LogP contribution in [0.4, 0.5) is 4.39 Å². The number of rotatable bonds is 0. The second kappa shape index (κ2) is 4.79. The van der Waals surface area contributed by atoms with Crippen LogP contribution in [0.2, 0.25) is 0 Å². The molecule has 0 heterocycles. The van der Waals surface area contributed by atoms with E-state index in [4.69, 9.17) is 0 Å². The van der Waals surface area contributed by atoms with Crippen LogP contribution in [0.15, 0.2) is 23.0 Å². The zero-order valence-electron chi connectivity index (χ0n) is 14.4. The molecule has 1 N–H and O–H groups in total. The number of Topliss-reactive ketones (excluding diaryl/α,β-unsaturated/α-hetero) is 1. The van der Waals surface area contributed by atoms with Gasteiger partial charge in [-0.05, 0) is 43.1 Å². The number of nitrogens with zero attached hydrogens (tertiary/aromatic N) is 1. The molecule has 24 heavy (non-hydrogen) atoms. The van der Waals surface area contributed by atoms with Gasteiger partial charge in [0, 0.05) is 30.1 Å². The summed E-state index contributed by atoms with van der Waals surface area (Å²) in [4.78, 5) is 11.8. The Bertz CT molecular complexity index is 732. The van der Waals surface area contributed by atoms with Crippen molar-refractivity contribution in [3.05, 3.63) is 23.0 Å². The summed E-state index contributed by atoms with van der Waals surface area (Å²) in [6.07, 6.45) is 5.82. The third-order valence-corrected chi connectivity index (χ3v) is 7.70. The molecule has 4 heteroatoms. The zero-order valence-corrected chi connectivity index (χ0v) is 14.4. The summed E-state index contributed by atoms with van der Waals surface area (Å²) in [6.45, 7) is 4.07. The first kappa shape index (κ1) is 16.0. The third kappa shape index (κ3) is 1.77. The van der Waals surface area contributed by atoms with Crippen molar-refractivity contribution in [3.8, 4) is 6.07 Å². The molecule has 4 rings (SSSR count). The monoisotopic (exact) mass is 329 g/mol. The molecule has 3 nitrogen and oxygen atoms in total. The minimum Gasteiger partial charge on any atom is -0.375 e. The van der Waals surface area contributed by atoms with Crippen molar-refractivity contribution in [2.75, 3.05) is 0 Å². The van der Waals surface area contributed by atoms with Gasteiger partial charge in [0.25, 0.3) is 0 Å². The topological polar surface area (TPSA) is 61.1 Å². The molecule has 2 saturated carbocycles. The fourth-order valence-corrected chi connectivity index (χ4v) is 6.05. The van der Waals surface area contributed by atoms with Crippen molar-refractivity contribution in [3.63, 3.8) is 0 Å². The number of nitriles is 1. The Morgan fingerprint density at radius 1 is 1.38 bits per heavy atom. The highest BCUT2D eigenvalue weighted by atomic mass is 19.1. The maximum absolute atomic E-state index is 14.9. The lowest BCUT2D eigenvalue weighted by Gasteiger charge is -2.53. The first-order chi connectivity index (χ1) is 11.2. The van der Waals surface area contributed by atoms with Gasteiger partial charge in [-0.2, -0.15) is 5.26 Å². The highest BCUT2D eigenvalue weighted by Crippen LogP contribution is 2.65. The molecule has 0 saturated heterocycles. The Hall–Kier alpha value is -1.47. The normalized spacial score (nSPS) is 47.5. The smallest absolute Gasteiger partial charge is 0.156 e. The quantitative estimate of drug-likeness (QED) is 0.540.